The molecule has 1 aromatic rings. The maximum Gasteiger partial charge on any atom is 0.326 e. The van der Waals surface area contributed by atoms with Crippen molar-refractivity contribution in [2.45, 2.75) is 34.5 Å². The van der Waals surface area contributed by atoms with E-state index in [0.717, 1.165) is 14.4 Å². The molecule has 0 aromatic carbocycles. The zero-order valence-corrected chi connectivity index (χ0v) is 14.0. The third-order valence-electron chi connectivity index (χ3n) is 2.67. The molecule has 0 amide bonds. The van der Waals surface area contributed by atoms with Crippen molar-refractivity contribution in [1.82, 2.24) is 15.5 Å². The average molecular weight is 321 g/mol. The van der Waals surface area contributed by atoms with Gasteiger partial charge in [0.1, 0.15) is 5.54 Å². The van der Waals surface area contributed by atoms with Crippen LogP contribution in [-0.4, -0.2) is 47.4 Å². The van der Waals surface area contributed by atoms with E-state index in [2.05, 4.69) is 15.5 Å². The zero-order chi connectivity index (χ0) is 14.3. The largest absolute Gasteiger partial charge is 0.465 e. The van der Waals surface area contributed by atoms with E-state index in [0.29, 0.717) is 13.0 Å². The first-order chi connectivity index (χ1) is 9.05. The molecule has 1 rings (SSSR count). The number of hydrogen-bond acceptors (Lipinski definition) is 8. The van der Waals surface area contributed by atoms with Gasteiger partial charge in [-0.1, -0.05) is 34.9 Å². The summed E-state index contributed by atoms with van der Waals surface area (Å²) in [6.07, 6.45) is 2.66. The second-order valence-corrected chi connectivity index (χ2v) is 7.31. The van der Waals surface area contributed by atoms with Crippen LogP contribution in [0.1, 0.15) is 20.3 Å². The molecule has 1 aromatic heterocycles. The van der Waals surface area contributed by atoms with Gasteiger partial charge in [-0.2, -0.15) is 0 Å². The number of carbonyl (C=O) groups is 1. The number of rotatable bonds is 8. The minimum atomic E-state index is -0.643. The first-order valence-electron chi connectivity index (χ1n) is 5.92. The molecular weight excluding hydrogens is 302 g/mol. The molecule has 0 saturated carbocycles. The lowest BCUT2D eigenvalue weighted by molar-refractivity contribution is -0.150. The van der Waals surface area contributed by atoms with Gasteiger partial charge in [-0.15, -0.1) is 10.2 Å². The highest BCUT2D eigenvalue weighted by Crippen LogP contribution is 2.29. The molecular formula is C11H19N3O2S3. The van der Waals surface area contributed by atoms with Gasteiger partial charge in [0.15, 0.2) is 8.68 Å². The SMILES string of the molecule is CCOC(=O)C(C)(CCSc1nnc(SC)s1)NC. The lowest BCUT2D eigenvalue weighted by atomic mass is 10.00. The predicted molar refractivity (Wildman–Crippen MR) is 81.1 cm³/mol. The summed E-state index contributed by atoms with van der Waals surface area (Å²) in [5.74, 6) is 0.583. The fourth-order valence-electron chi connectivity index (χ4n) is 1.30. The van der Waals surface area contributed by atoms with Gasteiger partial charge in [0.2, 0.25) is 0 Å². The Bertz CT molecular complexity index is 414. The van der Waals surface area contributed by atoms with Gasteiger partial charge in [-0.05, 0) is 33.6 Å². The number of thioether (sulfide) groups is 2. The number of likely N-dealkylation sites (N-methyl/N-ethyl adjacent to an activating group) is 1. The van der Waals surface area contributed by atoms with Crippen molar-refractivity contribution in [1.29, 1.82) is 0 Å². The summed E-state index contributed by atoms with van der Waals surface area (Å²) in [5, 5.41) is 11.2. The molecule has 0 fully saturated rings. The van der Waals surface area contributed by atoms with E-state index >= 15 is 0 Å². The Morgan fingerprint density at radius 2 is 2.16 bits per heavy atom. The van der Waals surface area contributed by atoms with Gasteiger partial charge in [0.25, 0.3) is 0 Å². The van der Waals surface area contributed by atoms with Gasteiger partial charge >= 0.3 is 5.97 Å². The predicted octanol–water partition coefficient (Wildman–Crippen LogP) is 2.28. The smallest absolute Gasteiger partial charge is 0.326 e. The van der Waals surface area contributed by atoms with Gasteiger partial charge < -0.3 is 10.1 Å². The van der Waals surface area contributed by atoms with E-state index < -0.39 is 5.54 Å². The van der Waals surface area contributed by atoms with Gasteiger partial charge in [0.05, 0.1) is 6.61 Å². The van der Waals surface area contributed by atoms with Crippen molar-refractivity contribution < 1.29 is 9.53 Å². The lowest BCUT2D eigenvalue weighted by Crippen LogP contribution is -2.49. The van der Waals surface area contributed by atoms with Crippen LogP contribution in [0, 0.1) is 0 Å². The molecule has 0 saturated heterocycles. The standard InChI is InChI=1S/C11H19N3O2S3/c1-5-16-8(15)11(2,12-3)6-7-18-10-14-13-9(17-4)19-10/h12H,5-7H2,1-4H3. The van der Waals surface area contributed by atoms with Crippen LogP contribution in [0.15, 0.2) is 8.68 Å². The van der Waals surface area contributed by atoms with Crippen LogP contribution in [-0.2, 0) is 9.53 Å². The van der Waals surface area contributed by atoms with Crippen LogP contribution in [0.5, 0.6) is 0 Å². The molecule has 0 aliphatic heterocycles. The monoisotopic (exact) mass is 321 g/mol. The van der Waals surface area contributed by atoms with Gasteiger partial charge in [0, 0.05) is 5.75 Å². The highest BCUT2D eigenvalue weighted by atomic mass is 32.2. The number of nitrogens with one attached hydrogen (secondary N) is 1. The molecule has 19 heavy (non-hydrogen) atoms. The van der Waals surface area contributed by atoms with Crippen molar-refractivity contribution in [3.63, 3.8) is 0 Å². The topological polar surface area (TPSA) is 64.1 Å². The number of ether oxygens (including phenoxy) is 1. The van der Waals surface area contributed by atoms with Crippen LogP contribution in [0.2, 0.25) is 0 Å². The highest BCUT2D eigenvalue weighted by Gasteiger charge is 2.32. The maximum absolute atomic E-state index is 11.9. The molecule has 108 valence electrons. The summed E-state index contributed by atoms with van der Waals surface area (Å²) < 4.78 is 6.98. The van der Waals surface area contributed by atoms with Crippen molar-refractivity contribution in [3.8, 4) is 0 Å². The van der Waals surface area contributed by atoms with Gasteiger partial charge in [-0.25, -0.2) is 0 Å². The van der Waals surface area contributed by atoms with Crippen LogP contribution < -0.4 is 5.32 Å². The van der Waals surface area contributed by atoms with Crippen LogP contribution >= 0.6 is 34.9 Å². The van der Waals surface area contributed by atoms with Crippen molar-refractivity contribution in [3.05, 3.63) is 0 Å². The second kappa shape index (κ2) is 8.08. The molecule has 0 aliphatic carbocycles. The highest BCUT2D eigenvalue weighted by molar-refractivity contribution is 8.02. The Morgan fingerprint density at radius 1 is 1.47 bits per heavy atom. The lowest BCUT2D eigenvalue weighted by Gasteiger charge is -2.26. The Morgan fingerprint density at radius 3 is 2.68 bits per heavy atom. The Hall–Kier alpha value is -0.310. The van der Waals surface area contributed by atoms with Crippen LogP contribution in [0.25, 0.3) is 0 Å². The minimum Gasteiger partial charge on any atom is -0.465 e. The normalized spacial score (nSPS) is 14.1. The summed E-state index contributed by atoms with van der Waals surface area (Å²) in [6, 6.07) is 0. The minimum absolute atomic E-state index is 0.208. The molecule has 1 heterocycles. The number of aromatic nitrogens is 2. The number of hydrogen-bond donors (Lipinski definition) is 1. The zero-order valence-electron chi connectivity index (χ0n) is 11.6. The molecule has 0 radical (unpaired) electrons. The molecule has 0 bridgehead atoms. The number of carbonyl (C=O) groups excluding carboxylic acids is 1. The fourth-order valence-corrected chi connectivity index (χ4v) is 3.97. The summed E-state index contributed by atoms with van der Waals surface area (Å²) in [6.45, 7) is 4.07. The molecule has 8 heteroatoms. The van der Waals surface area contributed by atoms with E-state index in [1.165, 1.54) is 0 Å². The summed E-state index contributed by atoms with van der Waals surface area (Å²) >= 11 is 4.78. The van der Waals surface area contributed by atoms with E-state index in [-0.39, 0.29) is 5.97 Å². The number of esters is 1. The third kappa shape index (κ3) is 4.94. The maximum atomic E-state index is 11.9. The van der Waals surface area contributed by atoms with Crippen molar-refractivity contribution in [2.24, 2.45) is 0 Å². The summed E-state index contributed by atoms with van der Waals surface area (Å²) in [7, 11) is 1.78. The molecule has 1 atom stereocenters. The Kier molecular flexibility index (Phi) is 7.12. The first-order valence-corrected chi connectivity index (χ1v) is 8.95. The van der Waals surface area contributed by atoms with Crippen molar-refractivity contribution >= 4 is 40.8 Å². The quantitative estimate of drug-likeness (QED) is 0.582. The van der Waals surface area contributed by atoms with Crippen molar-refractivity contribution in [2.75, 3.05) is 25.7 Å². The van der Waals surface area contributed by atoms with E-state index in [1.807, 2.05) is 20.1 Å². The Labute approximate surface area is 126 Å². The third-order valence-corrected chi connectivity index (χ3v) is 5.70. The summed E-state index contributed by atoms with van der Waals surface area (Å²) in [4.78, 5) is 11.9. The summed E-state index contributed by atoms with van der Waals surface area (Å²) in [5.41, 5.74) is -0.643. The van der Waals surface area contributed by atoms with Crippen LogP contribution in [0.3, 0.4) is 0 Å². The molecule has 0 spiro atoms. The number of nitrogens with zero attached hydrogens (tertiary/aromatic N) is 2. The molecule has 1 N–H and O–H groups in total. The van der Waals surface area contributed by atoms with E-state index in [1.54, 1.807) is 41.9 Å². The molecule has 0 aliphatic rings. The average Bonchev–Trinajstić information content (AvgIpc) is 2.86. The molecule has 5 nitrogen and oxygen atoms in total. The first kappa shape index (κ1) is 16.7. The van der Waals surface area contributed by atoms with Gasteiger partial charge in [-0.3, -0.25) is 4.79 Å². The molecule has 1 unspecified atom stereocenters. The fraction of sp³-hybridized carbons (Fsp3) is 0.727. The van der Waals surface area contributed by atoms with E-state index in [9.17, 15) is 4.79 Å². The Balaban J connectivity index is 2.47. The van der Waals surface area contributed by atoms with E-state index in [4.69, 9.17) is 4.74 Å². The second-order valence-electron chi connectivity index (χ2n) is 3.94. The van der Waals surface area contributed by atoms with Crippen LogP contribution in [0.4, 0.5) is 0 Å².